The molecule has 22 heavy (non-hydrogen) atoms. The van der Waals surface area contributed by atoms with E-state index in [9.17, 15) is 4.79 Å². The van der Waals surface area contributed by atoms with E-state index in [1.54, 1.807) is 14.2 Å². The molecule has 0 fully saturated rings. The molecule has 0 bridgehead atoms. The first-order chi connectivity index (χ1) is 10.7. The van der Waals surface area contributed by atoms with E-state index in [1.165, 1.54) is 7.11 Å². The standard InChI is InChI=1S/C18H20O4/c1-20-16-10-15(11-17(12-16)21-2)14-7-4-13(5-8-14)6-9-18(19)22-3/h4-5,7-8,10-12H,6,9H2,1-3H3. The lowest BCUT2D eigenvalue weighted by atomic mass is 10.0. The number of rotatable bonds is 6. The molecular weight excluding hydrogens is 280 g/mol. The highest BCUT2D eigenvalue weighted by Crippen LogP contribution is 2.29. The van der Waals surface area contributed by atoms with Gasteiger partial charge < -0.3 is 14.2 Å². The Morgan fingerprint density at radius 1 is 0.864 bits per heavy atom. The summed E-state index contributed by atoms with van der Waals surface area (Å²) in [7, 11) is 4.67. The van der Waals surface area contributed by atoms with E-state index >= 15 is 0 Å². The predicted octanol–water partition coefficient (Wildman–Crippen LogP) is 3.48. The summed E-state index contributed by atoms with van der Waals surface area (Å²) in [6, 6.07) is 13.9. The number of hydrogen-bond acceptors (Lipinski definition) is 4. The van der Waals surface area contributed by atoms with E-state index in [-0.39, 0.29) is 5.97 Å². The maximum absolute atomic E-state index is 11.2. The zero-order valence-electron chi connectivity index (χ0n) is 13.1. The minimum atomic E-state index is -0.193. The van der Waals surface area contributed by atoms with Gasteiger partial charge >= 0.3 is 5.97 Å². The van der Waals surface area contributed by atoms with Crippen LogP contribution in [0.25, 0.3) is 11.1 Å². The summed E-state index contributed by atoms with van der Waals surface area (Å²) < 4.78 is 15.2. The van der Waals surface area contributed by atoms with Gasteiger partial charge in [-0.25, -0.2) is 0 Å². The number of aryl methyl sites for hydroxylation is 1. The normalized spacial score (nSPS) is 10.1. The third-order valence-electron chi connectivity index (χ3n) is 3.48. The van der Waals surface area contributed by atoms with Gasteiger partial charge in [0, 0.05) is 12.5 Å². The zero-order chi connectivity index (χ0) is 15.9. The summed E-state index contributed by atoms with van der Waals surface area (Å²) >= 11 is 0. The number of hydrogen-bond donors (Lipinski definition) is 0. The summed E-state index contributed by atoms with van der Waals surface area (Å²) in [4.78, 5) is 11.2. The zero-order valence-corrected chi connectivity index (χ0v) is 13.1. The van der Waals surface area contributed by atoms with Crippen molar-refractivity contribution >= 4 is 5.97 Å². The van der Waals surface area contributed by atoms with Crippen LogP contribution in [-0.2, 0) is 16.0 Å². The van der Waals surface area contributed by atoms with Gasteiger partial charge in [0.2, 0.25) is 0 Å². The maximum Gasteiger partial charge on any atom is 0.305 e. The molecule has 0 aliphatic heterocycles. The molecule has 4 nitrogen and oxygen atoms in total. The minimum Gasteiger partial charge on any atom is -0.497 e. The first-order valence-corrected chi connectivity index (χ1v) is 7.05. The van der Waals surface area contributed by atoms with E-state index in [2.05, 4.69) is 4.74 Å². The Morgan fingerprint density at radius 3 is 1.95 bits per heavy atom. The largest absolute Gasteiger partial charge is 0.497 e. The molecule has 0 heterocycles. The van der Waals surface area contributed by atoms with Gasteiger partial charge in [-0.3, -0.25) is 4.79 Å². The van der Waals surface area contributed by atoms with E-state index < -0.39 is 0 Å². The van der Waals surface area contributed by atoms with Crippen LogP contribution in [0.5, 0.6) is 11.5 Å². The van der Waals surface area contributed by atoms with Crippen molar-refractivity contribution in [3.05, 3.63) is 48.0 Å². The van der Waals surface area contributed by atoms with Crippen LogP contribution in [0.3, 0.4) is 0 Å². The average molecular weight is 300 g/mol. The van der Waals surface area contributed by atoms with Crippen LogP contribution in [0.2, 0.25) is 0 Å². The van der Waals surface area contributed by atoms with Crippen LogP contribution in [0.1, 0.15) is 12.0 Å². The summed E-state index contributed by atoms with van der Waals surface area (Å²) in [6.07, 6.45) is 1.07. The predicted molar refractivity (Wildman–Crippen MR) is 85.3 cm³/mol. The van der Waals surface area contributed by atoms with Gasteiger partial charge in [0.15, 0.2) is 0 Å². The van der Waals surface area contributed by atoms with E-state index in [0.29, 0.717) is 12.8 Å². The molecule has 0 N–H and O–H groups in total. The molecule has 2 rings (SSSR count). The second-order valence-corrected chi connectivity index (χ2v) is 4.87. The molecule has 0 saturated carbocycles. The van der Waals surface area contributed by atoms with Crippen LogP contribution < -0.4 is 9.47 Å². The maximum atomic E-state index is 11.2. The van der Waals surface area contributed by atoms with Gasteiger partial charge in [-0.1, -0.05) is 24.3 Å². The fraction of sp³-hybridized carbons (Fsp3) is 0.278. The van der Waals surface area contributed by atoms with Gasteiger partial charge in [0.25, 0.3) is 0 Å². The smallest absolute Gasteiger partial charge is 0.305 e. The molecular formula is C18H20O4. The first-order valence-electron chi connectivity index (χ1n) is 7.05. The summed E-state index contributed by atoms with van der Waals surface area (Å²) in [6.45, 7) is 0. The first kappa shape index (κ1) is 15.9. The van der Waals surface area contributed by atoms with Crippen molar-refractivity contribution in [1.82, 2.24) is 0 Å². The van der Waals surface area contributed by atoms with Crippen molar-refractivity contribution in [2.75, 3.05) is 21.3 Å². The lowest BCUT2D eigenvalue weighted by molar-refractivity contribution is -0.140. The number of esters is 1. The average Bonchev–Trinajstić information content (AvgIpc) is 2.59. The number of carbonyl (C=O) groups excluding carboxylic acids is 1. The van der Waals surface area contributed by atoms with Gasteiger partial charge in [0.1, 0.15) is 11.5 Å². The van der Waals surface area contributed by atoms with Crippen molar-refractivity contribution in [3.8, 4) is 22.6 Å². The molecule has 4 heteroatoms. The Balaban J connectivity index is 2.17. The van der Waals surface area contributed by atoms with Gasteiger partial charge in [-0.15, -0.1) is 0 Å². The monoisotopic (exact) mass is 300 g/mol. The number of benzene rings is 2. The van der Waals surface area contributed by atoms with Crippen LogP contribution in [0, 0.1) is 0 Å². The molecule has 0 aliphatic rings. The van der Waals surface area contributed by atoms with Crippen LogP contribution >= 0.6 is 0 Å². The fourth-order valence-electron chi connectivity index (χ4n) is 2.19. The van der Waals surface area contributed by atoms with Crippen LogP contribution in [-0.4, -0.2) is 27.3 Å². The lowest BCUT2D eigenvalue weighted by Crippen LogP contribution is -2.01. The van der Waals surface area contributed by atoms with E-state index in [0.717, 1.165) is 28.2 Å². The Kier molecular flexibility index (Phi) is 5.42. The van der Waals surface area contributed by atoms with Crippen molar-refractivity contribution in [2.45, 2.75) is 12.8 Å². The topological polar surface area (TPSA) is 44.8 Å². The Hall–Kier alpha value is -2.49. The molecule has 0 spiro atoms. The fourth-order valence-corrected chi connectivity index (χ4v) is 2.19. The van der Waals surface area contributed by atoms with Crippen molar-refractivity contribution < 1.29 is 19.0 Å². The molecule has 0 aromatic heterocycles. The number of carbonyl (C=O) groups is 1. The molecule has 0 amide bonds. The van der Waals surface area contributed by atoms with Crippen LogP contribution in [0.15, 0.2) is 42.5 Å². The summed E-state index contributed by atoms with van der Waals surface area (Å²) in [5, 5.41) is 0. The second kappa shape index (κ2) is 7.50. The van der Waals surface area contributed by atoms with Gasteiger partial charge in [-0.2, -0.15) is 0 Å². The molecule has 0 atom stereocenters. The number of ether oxygens (including phenoxy) is 3. The highest BCUT2D eigenvalue weighted by Gasteiger charge is 2.05. The molecule has 116 valence electrons. The molecule has 2 aromatic carbocycles. The molecule has 0 saturated heterocycles. The molecule has 0 aliphatic carbocycles. The highest BCUT2D eigenvalue weighted by atomic mass is 16.5. The summed E-state index contributed by atoms with van der Waals surface area (Å²) in [5.74, 6) is 1.31. The Morgan fingerprint density at radius 2 is 1.45 bits per heavy atom. The Labute approximate surface area is 130 Å². The second-order valence-electron chi connectivity index (χ2n) is 4.87. The molecule has 0 unspecified atom stereocenters. The van der Waals surface area contributed by atoms with E-state index in [4.69, 9.17) is 9.47 Å². The number of methoxy groups -OCH3 is 3. The highest BCUT2D eigenvalue weighted by molar-refractivity contribution is 5.70. The molecule has 2 aromatic rings. The van der Waals surface area contributed by atoms with Crippen LogP contribution in [0.4, 0.5) is 0 Å². The lowest BCUT2D eigenvalue weighted by Gasteiger charge is -2.09. The third-order valence-corrected chi connectivity index (χ3v) is 3.48. The van der Waals surface area contributed by atoms with Crippen molar-refractivity contribution in [1.29, 1.82) is 0 Å². The Bertz CT molecular complexity index is 610. The minimum absolute atomic E-state index is 0.193. The third kappa shape index (κ3) is 4.01. The quantitative estimate of drug-likeness (QED) is 0.766. The van der Waals surface area contributed by atoms with Gasteiger partial charge in [-0.05, 0) is 35.2 Å². The summed E-state index contributed by atoms with van der Waals surface area (Å²) in [5.41, 5.74) is 3.19. The van der Waals surface area contributed by atoms with Gasteiger partial charge in [0.05, 0.1) is 21.3 Å². The SMILES string of the molecule is COC(=O)CCc1ccc(-c2cc(OC)cc(OC)c2)cc1. The van der Waals surface area contributed by atoms with Crippen molar-refractivity contribution in [2.24, 2.45) is 0 Å². The van der Waals surface area contributed by atoms with E-state index in [1.807, 2.05) is 42.5 Å². The molecule has 0 radical (unpaired) electrons. The van der Waals surface area contributed by atoms with Crippen molar-refractivity contribution in [3.63, 3.8) is 0 Å².